The molecule has 4 heteroatoms. The minimum Gasteiger partial charge on any atom is -0.487 e. The minimum atomic E-state index is -0.374. The Kier molecular flexibility index (Phi) is 17.3. The average Bonchev–Trinajstić information content (AvgIpc) is 2.95. The van der Waals surface area contributed by atoms with Crippen molar-refractivity contribution in [1.29, 1.82) is 0 Å². The third kappa shape index (κ3) is 13.5. The van der Waals surface area contributed by atoms with Crippen molar-refractivity contribution in [2.75, 3.05) is 6.61 Å². The summed E-state index contributed by atoms with van der Waals surface area (Å²) < 4.78 is 18.2. The predicted octanol–water partition coefficient (Wildman–Crippen LogP) is 10.6. The SMILES string of the molecule is CCCCCCCCOC(C)c1ccc(C(=O)Oc2ccccc2OC(CCC)CCCCCCCC)cc1. The van der Waals surface area contributed by atoms with Crippen LogP contribution in [0.25, 0.3) is 0 Å². The van der Waals surface area contributed by atoms with Gasteiger partial charge in [-0.1, -0.05) is 116 Å². The number of esters is 1. The van der Waals surface area contributed by atoms with Gasteiger partial charge in [0.15, 0.2) is 11.5 Å². The summed E-state index contributed by atoms with van der Waals surface area (Å²) in [6.07, 6.45) is 18.4. The van der Waals surface area contributed by atoms with Gasteiger partial charge in [0, 0.05) is 6.61 Å². The van der Waals surface area contributed by atoms with E-state index < -0.39 is 0 Å². The maximum atomic E-state index is 13.0. The van der Waals surface area contributed by atoms with Gasteiger partial charge in [-0.25, -0.2) is 4.79 Å². The molecule has 0 radical (unpaired) electrons. The van der Waals surface area contributed by atoms with Gasteiger partial charge in [-0.2, -0.15) is 0 Å². The fraction of sp³-hybridized carbons (Fsp3) is 0.629. The first-order valence-electron chi connectivity index (χ1n) is 15.8. The van der Waals surface area contributed by atoms with Crippen LogP contribution in [-0.4, -0.2) is 18.7 Å². The molecular weight excluding hydrogens is 484 g/mol. The van der Waals surface area contributed by atoms with E-state index in [1.54, 1.807) is 0 Å². The smallest absolute Gasteiger partial charge is 0.343 e. The summed E-state index contributed by atoms with van der Waals surface area (Å²) in [5.74, 6) is 0.746. The Bertz CT molecular complexity index is 892. The molecule has 0 fully saturated rings. The summed E-state index contributed by atoms with van der Waals surface area (Å²) in [6, 6.07) is 15.1. The highest BCUT2D eigenvalue weighted by atomic mass is 16.6. The molecule has 0 saturated heterocycles. The van der Waals surface area contributed by atoms with Crippen LogP contribution in [-0.2, 0) is 4.74 Å². The molecule has 0 heterocycles. The molecule has 4 nitrogen and oxygen atoms in total. The van der Waals surface area contributed by atoms with Gasteiger partial charge in [0.2, 0.25) is 0 Å². The average molecular weight is 539 g/mol. The normalized spacial score (nSPS) is 12.7. The molecular formula is C35H54O4. The van der Waals surface area contributed by atoms with E-state index in [-0.39, 0.29) is 18.2 Å². The summed E-state index contributed by atoms with van der Waals surface area (Å²) in [4.78, 5) is 13.0. The lowest BCUT2D eigenvalue weighted by Crippen LogP contribution is -2.17. The molecule has 0 aliphatic rings. The van der Waals surface area contributed by atoms with E-state index in [9.17, 15) is 4.79 Å². The van der Waals surface area contributed by atoms with Gasteiger partial charge in [-0.3, -0.25) is 0 Å². The molecule has 0 N–H and O–H groups in total. The van der Waals surface area contributed by atoms with Gasteiger partial charge < -0.3 is 14.2 Å². The highest BCUT2D eigenvalue weighted by Gasteiger charge is 2.17. The Hall–Kier alpha value is -2.33. The molecule has 218 valence electrons. The van der Waals surface area contributed by atoms with E-state index in [1.165, 1.54) is 70.6 Å². The number of unbranched alkanes of at least 4 members (excludes halogenated alkanes) is 10. The van der Waals surface area contributed by atoms with Crippen LogP contribution in [0.1, 0.15) is 146 Å². The number of hydrogen-bond donors (Lipinski definition) is 0. The zero-order chi connectivity index (χ0) is 28.1. The molecule has 0 amide bonds. The molecule has 2 rings (SSSR count). The lowest BCUT2D eigenvalue weighted by Gasteiger charge is -2.20. The number of benzene rings is 2. The Balaban J connectivity index is 1.86. The van der Waals surface area contributed by atoms with E-state index in [2.05, 4.69) is 27.7 Å². The second kappa shape index (κ2) is 20.6. The first kappa shape index (κ1) is 32.9. The molecule has 0 spiro atoms. The molecule has 39 heavy (non-hydrogen) atoms. The number of carbonyl (C=O) groups excluding carboxylic acids is 1. The van der Waals surface area contributed by atoms with Crippen LogP contribution in [0.3, 0.4) is 0 Å². The molecule has 2 aromatic carbocycles. The third-order valence-electron chi connectivity index (χ3n) is 7.32. The fourth-order valence-electron chi connectivity index (χ4n) is 4.84. The van der Waals surface area contributed by atoms with Crippen LogP contribution in [0.15, 0.2) is 48.5 Å². The van der Waals surface area contributed by atoms with Gasteiger partial charge in [0.05, 0.1) is 17.8 Å². The predicted molar refractivity (Wildman–Crippen MR) is 163 cm³/mol. The molecule has 0 saturated carbocycles. The zero-order valence-corrected chi connectivity index (χ0v) is 25.2. The van der Waals surface area contributed by atoms with Crippen LogP contribution in [0.4, 0.5) is 0 Å². The van der Waals surface area contributed by atoms with Crippen molar-refractivity contribution in [3.8, 4) is 11.5 Å². The molecule has 0 bridgehead atoms. The standard InChI is InChI=1S/C35H54O4/c1-5-8-10-12-14-16-21-32(20-7-3)38-33-22-17-18-23-34(33)39-35(36)31-26-24-30(25-27-31)29(4)37-28-19-15-13-11-9-6-2/h17-18,22-27,29,32H,5-16,19-21,28H2,1-4H3. The number of hydrogen-bond acceptors (Lipinski definition) is 4. The maximum Gasteiger partial charge on any atom is 0.343 e. The van der Waals surface area contributed by atoms with Crippen molar-refractivity contribution < 1.29 is 19.0 Å². The monoisotopic (exact) mass is 538 g/mol. The molecule has 2 atom stereocenters. The van der Waals surface area contributed by atoms with Crippen LogP contribution in [0, 0.1) is 0 Å². The van der Waals surface area contributed by atoms with E-state index in [4.69, 9.17) is 14.2 Å². The molecule has 0 aliphatic heterocycles. The van der Waals surface area contributed by atoms with Gasteiger partial charge in [-0.05, 0) is 62.4 Å². The molecule has 2 aromatic rings. The lowest BCUT2D eigenvalue weighted by atomic mass is 10.0. The van der Waals surface area contributed by atoms with E-state index in [1.807, 2.05) is 48.5 Å². The van der Waals surface area contributed by atoms with Crippen molar-refractivity contribution >= 4 is 5.97 Å². The van der Waals surface area contributed by atoms with Crippen molar-refractivity contribution in [2.24, 2.45) is 0 Å². The Labute approximate surface area is 238 Å². The number of para-hydroxylation sites is 2. The van der Waals surface area contributed by atoms with Crippen molar-refractivity contribution in [3.05, 3.63) is 59.7 Å². The van der Waals surface area contributed by atoms with Crippen molar-refractivity contribution in [2.45, 2.75) is 136 Å². The highest BCUT2D eigenvalue weighted by molar-refractivity contribution is 5.91. The Morgan fingerprint density at radius 3 is 1.90 bits per heavy atom. The van der Waals surface area contributed by atoms with Gasteiger partial charge in [0.1, 0.15) is 0 Å². The van der Waals surface area contributed by atoms with Crippen LogP contribution in [0.2, 0.25) is 0 Å². The van der Waals surface area contributed by atoms with Crippen LogP contribution in [0.5, 0.6) is 11.5 Å². The number of carbonyl (C=O) groups is 1. The van der Waals surface area contributed by atoms with Gasteiger partial charge >= 0.3 is 5.97 Å². The van der Waals surface area contributed by atoms with E-state index >= 15 is 0 Å². The third-order valence-corrected chi connectivity index (χ3v) is 7.32. The first-order valence-corrected chi connectivity index (χ1v) is 15.8. The maximum absolute atomic E-state index is 13.0. The van der Waals surface area contributed by atoms with Gasteiger partial charge in [-0.15, -0.1) is 0 Å². The second-order valence-corrected chi connectivity index (χ2v) is 10.8. The highest BCUT2D eigenvalue weighted by Crippen LogP contribution is 2.30. The fourth-order valence-corrected chi connectivity index (χ4v) is 4.84. The summed E-state index contributed by atoms with van der Waals surface area (Å²) in [6.45, 7) is 9.51. The van der Waals surface area contributed by atoms with E-state index in [0.717, 1.165) is 37.9 Å². The molecule has 2 unspecified atom stereocenters. The number of rotatable bonds is 22. The summed E-state index contributed by atoms with van der Waals surface area (Å²) in [5, 5.41) is 0. The summed E-state index contributed by atoms with van der Waals surface area (Å²) >= 11 is 0. The zero-order valence-electron chi connectivity index (χ0n) is 25.2. The lowest BCUT2D eigenvalue weighted by molar-refractivity contribution is 0.0625. The van der Waals surface area contributed by atoms with Crippen LogP contribution < -0.4 is 9.47 Å². The molecule has 0 aromatic heterocycles. The first-order chi connectivity index (χ1) is 19.1. The summed E-state index contributed by atoms with van der Waals surface area (Å²) in [7, 11) is 0. The quantitative estimate of drug-likeness (QED) is 0.0849. The van der Waals surface area contributed by atoms with Crippen LogP contribution >= 0.6 is 0 Å². The Morgan fingerprint density at radius 1 is 0.667 bits per heavy atom. The van der Waals surface area contributed by atoms with Crippen molar-refractivity contribution in [1.82, 2.24) is 0 Å². The van der Waals surface area contributed by atoms with E-state index in [0.29, 0.717) is 17.1 Å². The van der Waals surface area contributed by atoms with Gasteiger partial charge in [0.25, 0.3) is 0 Å². The minimum absolute atomic E-state index is 0.00184. The summed E-state index contributed by atoms with van der Waals surface area (Å²) in [5.41, 5.74) is 1.59. The Morgan fingerprint density at radius 2 is 1.26 bits per heavy atom. The van der Waals surface area contributed by atoms with Crippen molar-refractivity contribution in [3.63, 3.8) is 0 Å². The second-order valence-electron chi connectivity index (χ2n) is 10.8. The largest absolute Gasteiger partial charge is 0.487 e. The molecule has 0 aliphatic carbocycles. The number of ether oxygens (including phenoxy) is 3. The topological polar surface area (TPSA) is 44.8 Å².